The molecule has 9 nitrogen and oxygen atoms in total. The number of hydrogen-bond donors (Lipinski definition) is 3. The number of aliphatic carboxylic acids is 1. The Morgan fingerprint density at radius 2 is 1.89 bits per heavy atom. The zero-order valence-corrected chi connectivity index (χ0v) is 15.4. The van der Waals surface area contributed by atoms with Crippen molar-refractivity contribution in [3.8, 4) is 0 Å². The molecule has 2 atom stereocenters. The third-order valence-corrected chi connectivity index (χ3v) is 6.77. The number of benzene rings is 1. The lowest BCUT2D eigenvalue weighted by Crippen LogP contribution is -2.49. The summed E-state index contributed by atoms with van der Waals surface area (Å²) in [4.78, 5) is 35.0. The molecule has 10 heteroatoms. The fourth-order valence-corrected chi connectivity index (χ4v) is 4.82. The monoisotopic (exact) mass is 395 g/mol. The van der Waals surface area contributed by atoms with E-state index in [1.807, 2.05) is 0 Å². The van der Waals surface area contributed by atoms with Gasteiger partial charge in [0.05, 0.1) is 17.4 Å². The van der Waals surface area contributed by atoms with Gasteiger partial charge in [0.1, 0.15) is 0 Å². The van der Waals surface area contributed by atoms with Gasteiger partial charge in [0, 0.05) is 24.7 Å². The minimum Gasteiger partial charge on any atom is -0.481 e. The number of nitrogens with zero attached hydrogens (tertiary/aromatic N) is 1. The Labute approximate surface area is 156 Å². The molecule has 0 unspecified atom stereocenters. The van der Waals surface area contributed by atoms with Crippen LogP contribution in [0, 0.1) is 5.92 Å². The SMILES string of the molecule is O=C1CN(S(=O)(=O)c2ccc(C(=O)N[C@H]3CCC[C@H]3C(=O)O)cc2)CCN1. The molecule has 3 rings (SSSR count). The number of nitrogens with one attached hydrogen (secondary N) is 2. The van der Waals surface area contributed by atoms with Crippen molar-refractivity contribution in [3.63, 3.8) is 0 Å². The molecule has 146 valence electrons. The van der Waals surface area contributed by atoms with Gasteiger partial charge in [-0.2, -0.15) is 4.31 Å². The van der Waals surface area contributed by atoms with Crippen molar-refractivity contribution in [3.05, 3.63) is 29.8 Å². The molecule has 0 radical (unpaired) electrons. The molecule has 1 aromatic carbocycles. The van der Waals surface area contributed by atoms with Crippen molar-refractivity contribution < 1.29 is 27.9 Å². The van der Waals surface area contributed by atoms with Crippen LogP contribution in [0.25, 0.3) is 0 Å². The summed E-state index contributed by atoms with van der Waals surface area (Å²) in [7, 11) is -3.82. The zero-order valence-electron chi connectivity index (χ0n) is 14.6. The van der Waals surface area contributed by atoms with E-state index < -0.39 is 33.9 Å². The number of carbonyl (C=O) groups excluding carboxylic acids is 2. The molecule has 2 amide bonds. The lowest BCUT2D eigenvalue weighted by atomic mass is 10.0. The normalized spacial score (nSPS) is 23.6. The van der Waals surface area contributed by atoms with Crippen LogP contribution in [0.15, 0.2) is 29.2 Å². The highest BCUT2D eigenvalue weighted by Crippen LogP contribution is 2.26. The van der Waals surface area contributed by atoms with Crippen molar-refractivity contribution in [2.75, 3.05) is 19.6 Å². The van der Waals surface area contributed by atoms with E-state index in [0.29, 0.717) is 12.8 Å². The maximum atomic E-state index is 12.6. The zero-order chi connectivity index (χ0) is 19.6. The van der Waals surface area contributed by atoms with Crippen LogP contribution < -0.4 is 10.6 Å². The summed E-state index contributed by atoms with van der Waals surface area (Å²) < 4.78 is 26.3. The summed E-state index contributed by atoms with van der Waals surface area (Å²) in [6, 6.07) is 4.99. The van der Waals surface area contributed by atoms with Gasteiger partial charge in [-0.15, -0.1) is 0 Å². The van der Waals surface area contributed by atoms with E-state index in [1.54, 1.807) is 0 Å². The van der Waals surface area contributed by atoms with E-state index in [-0.39, 0.29) is 36.0 Å². The number of rotatable bonds is 5. The van der Waals surface area contributed by atoms with Crippen molar-refractivity contribution in [2.24, 2.45) is 5.92 Å². The topological polar surface area (TPSA) is 133 Å². The van der Waals surface area contributed by atoms with Crippen LogP contribution in [0.4, 0.5) is 0 Å². The van der Waals surface area contributed by atoms with Crippen molar-refractivity contribution in [1.29, 1.82) is 0 Å². The standard InChI is InChI=1S/C17H21N3O6S/c21-15-10-20(9-8-18-15)27(25,26)12-6-4-11(5-7-12)16(22)19-14-3-1-2-13(14)17(23)24/h4-7,13-14H,1-3,8-10H2,(H,18,21)(H,19,22)(H,23,24)/t13-,14+/m1/s1. The highest BCUT2D eigenvalue weighted by atomic mass is 32.2. The number of carbonyl (C=O) groups is 3. The second-order valence-electron chi connectivity index (χ2n) is 6.67. The van der Waals surface area contributed by atoms with Gasteiger partial charge in [-0.05, 0) is 37.1 Å². The first-order chi connectivity index (χ1) is 12.8. The number of amides is 2. The second kappa shape index (κ2) is 7.65. The highest BCUT2D eigenvalue weighted by molar-refractivity contribution is 7.89. The molecule has 1 aromatic rings. The van der Waals surface area contributed by atoms with E-state index in [4.69, 9.17) is 0 Å². The molecule has 2 aliphatic rings. The van der Waals surface area contributed by atoms with E-state index in [0.717, 1.165) is 10.7 Å². The molecule has 1 saturated carbocycles. The molecular weight excluding hydrogens is 374 g/mol. The molecule has 0 spiro atoms. The minimum absolute atomic E-state index is 0.00183. The number of hydrogen-bond acceptors (Lipinski definition) is 5. The highest BCUT2D eigenvalue weighted by Gasteiger charge is 2.34. The first kappa shape index (κ1) is 19.3. The smallest absolute Gasteiger partial charge is 0.308 e. The van der Waals surface area contributed by atoms with Crippen LogP contribution in [0.3, 0.4) is 0 Å². The largest absolute Gasteiger partial charge is 0.481 e. The Morgan fingerprint density at radius 3 is 2.52 bits per heavy atom. The van der Waals surface area contributed by atoms with E-state index in [2.05, 4.69) is 10.6 Å². The van der Waals surface area contributed by atoms with Gasteiger partial charge in [0.25, 0.3) is 5.91 Å². The van der Waals surface area contributed by atoms with Crippen LogP contribution in [-0.4, -0.2) is 61.3 Å². The molecule has 27 heavy (non-hydrogen) atoms. The Morgan fingerprint density at radius 1 is 1.19 bits per heavy atom. The number of carboxylic acids is 1. The van der Waals surface area contributed by atoms with Gasteiger partial charge in [0.2, 0.25) is 15.9 Å². The van der Waals surface area contributed by atoms with Gasteiger partial charge < -0.3 is 15.7 Å². The summed E-state index contributed by atoms with van der Waals surface area (Å²) in [5.41, 5.74) is 0.251. The molecule has 3 N–H and O–H groups in total. The van der Waals surface area contributed by atoms with E-state index >= 15 is 0 Å². The van der Waals surface area contributed by atoms with Gasteiger partial charge in [-0.1, -0.05) is 6.42 Å². The van der Waals surface area contributed by atoms with Crippen molar-refractivity contribution in [2.45, 2.75) is 30.2 Å². The van der Waals surface area contributed by atoms with Gasteiger partial charge in [0.15, 0.2) is 0 Å². The van der Waals surface area contributed by atoms with Crippen LogP contribution >= 0.6 is 0 Å². The summed E-state index contributed by atoms with van der Waals surface area (Å²) in [5, 5.41) is 14.5. The predicted octanol–water partition coefficient (Wildman–Crippen LogP) is -0.210. The van der Waals surface area contributed by atoms with Crippen LogP contribution in [0.1, 0.15) is 29.6 Å². The lowest BCUT2D eigenvalue weighted by Gasteiger charge is -2.25. The third kappa shape index (κ3) is 4.11. The van der Waals surface area contributed by atoms with E-state index in [1.165, 1.54) is 24.3 Å². The fourth-order valence-electron chi connectivity index (χ4n) is 3.43. The average Bonchev–Trinajstić information content (AvgIpc) is 3.10. The fraction of sp³-hybridized carbons (Fsp3) is 0.471. The van der Waals surface area contributed by atoms with Crippen LogP contribution in [0.5, 0.6) is 0 Å². The van der Waals surface area contributed by atoms with Gasteiger partial charge >= 0.3 is 5.97 Å². The van der Waals surface area contributed by atoms with Crippen molar-refractivity contribution >= 4 is 27.8 Å². The first-order valence-corrected chi connectivity index (χ1v) is 10.1. The number of sulfonamides is 1. The lowest BCUT2D eigenvalue weighted by molar-refractivity contribution is -0.142. The van der Waals surface area contributed by atoms with E-state index in [9.17, 15) is 27.9 Å². The predicted molar refractivity (Wildman–Crippen MR) is 94.4 cm³/mol. The Hall–Kier alpha value is -2.46. The maximum absolute atomic E-state index is 12.6. The first-order valence-electron chi connectivity index (χ1n) is 8.69. The van der Waals surface area contributed by atoms with Crippen LogP contribution in [0.2, 0.25) is 0 Å². The minimum atomic E-state index is -3.82. The summed E-state index contributed by atoms with van der Waals surface area (Å²) >= 11 is 0. The Balaban J connectivity index is 1.70. The third-order valence-electron chi connectivity index (χ3n) is 4.91. The molecule has 1 heterocycles. The Bertz CT molecular complexity index is 852. The number of piperazine rings is 1. The molecule has 1 saturated heterocycles. The number of carboxylic acid groups (broad SMARTS) is 1. The molecule has 2 fully saturated rings. The summed E-state index contributed by atoms with van der Waals surface area (Å²) in [6.45, 7) is 0.210. The molecule has 0 bridgehead atoms. The molecule has 0 aromatic heterocycles. The molecule has 1 aliphatic heterocycles. The summed E-state index contributed by atoms with van der Waals surface area (Å²) in [6.07, 6.45) is 1.87. The molecular formula is C17H21N3O6S. The Kier molecular flexibility index (Phi) is 5.47. The second-order valence-corrected chi connectivity index (χ2v) is 8.61. The summed E-state index contributed by atoms with van der Waals surface area (Å²) in [5.74, 6) is -2.32. The average molecular weight is 395 g/mol. The van der Waals surface area contributed by atoms with Crippen LogP contribution in [-0.2, 0) is 19.6 Å². The molecule has 1 aliphatic carbocycles. The van der Waals surface area contributed by atoms with Crippen molar-refractivity contribution in [1.82, 2.24) is 14.9 Å². The maximum Gasteiger partial charge on any atom is 0.308 e. The quantitative estimate of drug-likeness (QED) is 0.632. The van der Waals surface area contributed by atoms with Gasteiger partial charge in [-0.3, -0.25) is 14.4 Å². The van der Waals surface area contributed by atoms with Gasteiger partial charge in [-0.25, -0.2) is 8.42 Å².